The van der Waals surface area contributed by atoms with Crippen LogP contribution in [-0.4, -0.2) is 61.0 Å². The normalized spacial score (nSPS) is 11.6. The molecule has 0 atom stereocenters. The van der Waals surface area contributed by atoms with Crippen molar-refractivity contribution < 1.29 is 4.79 Å². The summed E-state index contributed by atoms with van der Waals surface area (Å²) in [7, 11) is 0. The molecule has 0 aliphatic rings. The predicted octanol–water partition coefficient (Wildman–Crippen LogP) is 3.99. The molecule has 2 aromatic rings. The summed E-state index contributed by atoms with van der Waals surface area (Å²) in [5, 5.41) is 3.39. The smallest absolute Gasteiger partial charge is 0.232 e. The molecule has 2 aromatic carbocycles. The van der Waals surface area contributed by atoms with Gasteiger partial charge in [0.25, 0.3) is 0 Å². The minimum atomic E-state index is -0.298. The van der Waals surface area contributed by atoms with E-state index in [1.807, 2.05) is 60.7 Å². The van der Waals surface area contributed by atoms with E-state index in [4.69, 9.17) is 0 Å². The molecule has 29 heavy (non-hydrogen) atoms. The van der Waals surface area contributed by atoms with Gasteiger partial charge in [-0.3, -0.25) is 4.79 Å². The highest BCUT2D eigenvalue weighted by Crippen LogP contribution is 2.25. The monoisotopic (exact) mass is 395 g/mol. The van der Waals surface area contributed by atoms with Gasteiger partial charge in [-0.1, -0.05) is 88.4 Å². The van der Waals surface area contributed by atoms with E-state index in [1.165, 1.54) is 0 Å². The first-order chi connectivity index (χ1) is 14.1. The van der Waals surface area contributed by atoms with Gasteiger partial charge in [0.15, 0.2) is 0 Å². The van der Waals surface area contributed by atoms with Gasteiger partial charge in [-0.05, 0) is 37.3 Å². The number of benzene rings is 2. The molecule has 0 unspecified atom stereocenters. The summed E-state index contributed by atoms with van der Waals surface area (Å²) < 4.78 is 0. The van der Waals surface area contributed by atoms with Gasteiger partial charge in [0, 0.05) is 13.1 Å². The van der Waals surface area contributed by atoms with E-state index in [2.05, 4.69) is 42.8 Å². The highest BCUT2D eigenvalue weighted by atomic mass is 16.2. The third-order valence-electron chi connectivity index (χ3n) is 5.62. The van der Waals surface area contributed by atoms with Crippen LogP contribution < -0.4 is 5.32 Å². The van der Waals surface area contributed by atoms with Gasteiger partial charge in [0.05, 0.1) is 12.0 Å². The van der Waals surface area contributed by atoms with Crippen LogP contribution in [0, 0.1) is 0 Å². The Kier molecular flexibility index (Phi) is 9.89. The molecule has 0 aliphatic carbocycles. The van der Waals surface area contributed by atoms with E-state index in [1.54, 1.807) is 0 Å². The quantitative estimate of drug-likeness (QED) is 0.590. The van der Waals surface area contributed by atoms with Crippen LogP contribution in [0.15, 0.2) is 60.7 Å². The molecule has 1 amide bonds. The molecular weight excluding hydrogens is 358 g/mol. The molecule has 0 aromatic heterocycles. The molecule has 0 spiro atoms. The third-order valence-corrected chi connectivity index (χ3v) is 5.62. The number of carbonyl (C=O) groups is 1. The maximum absolute atomic E-state index is 13.5. The first-order valence-corrected chi connectivity index (χ1v) is 11.0. The summed E-state index contributed by atoms with van der Waals surface area (Å²) in [6.45, 7) is 14.4. The second kappa shape index (κ2) is 12.4. The zero-order valence-electron chi connectivity index (χ0n) is 18.5. The minimum Gasteiger partial charge on any atom is -0.350 e. The Labute approximate surface area is 176 Å². The van der Waals surface area contributed by atoms with Crippen molar-refractivity contribution in [1.29, 1.82) is 0 Å². The van der Waals surface area contributed by atoms with E-state index in [9.17, 15) is 4.79 Å². The fourth-order valence-corrected chi connectivity index (χ4v) is 3.81. The lowest BCUT2D eigenvalue weighted by atomic mass is 9.90. The van der Waals surface area contributed by atoms with Gasteiger partial charge in [-0.15, -0.1) is 0 Å². The summed E-state index contributed by atoms with van der Waals surface area (Å²) in [5.74, 6) is -0.222. The molecule has 2 rings (SSSR count). The van der Waals surface area contributed by atoms with E-state index < -0.39 is 0 Å². The molecule has 158 valence electrons. The largest absolute Gasteiger partial charge is 0.350 e. The predicted molar refractivity (Wildman–Crippen MR) is 122 cm³/mol. The zero-order valence-corrected chi connectivity index (χ0v) is 18.5. The SMILES string of the molecule is CCN(CC)CC(CN(CC)CC)NC(=O)C(c1ccccc1)c1ccccc1. The number of nitrogens with one attached hydrogen (secondary N) is 1. The molecule has 0 bridgehead atoms. The molecular formula is C25H37N3O. The molecule has 4 nitrogen and oxygen atoms in total. The summed E-state index contributed by atoms with van der Waals surface area (Å²) >= 11 is 0. The van der Waals surface area contributed by atoms with Crippen molar-refractivity contribution in [2.45, 2.75) is 39.7 Å². The second-order valence-electron chi connectivity index (χ2n) is 7.43. The van der Waals surface area contributed by atoms with Crippen LogP contribution in [0.1, 0.15) is 44.7 Å². The van der Waals surface area contributed by atoms with Crippen molar-refractivity contribution >= 4 is 5.91 Å². The molecule has 0 saturated carbocycles. The Morgan fingerprint density at radius 3 is 1.45 bits per heavy atom. The minimum absolute atomic E-state index is 0.0757. The van der Waals surface area contributed by atoms with Crippen LogP contribution in [0.2, 0.25) is 0 Å². The van der Waals surface area contributed by atoms with Crippen molar-refractivity contribution in [3.63, 3.8) is 0 Å². The summed E-state index contributed by atoms with van der Waals surface area (Å²) in [6.07, 6.45) is 0. The number of amides is 1. The van der Waals surface area contributed by atoms with Gasteiger partial charge in [-0.2, -0.15) is 0 Å². The molecule has 0 heterocycles. The Bertz CT molecular complexity index is 643. The molecule has 4 heteroatoms. The van der Waals surface area contributed by atoms with Gasteiger partial charge >= 0.3 is 0 Å². The van der Waals surface area contributed by atoms with Crippen molar-refractivity contribution in [3.05, 3.63) is 71.8 Å². The van der Waals surface area contributed by atoms with Crippen LogP contribution in [0.4, 0.5) is 0 Å². The summed E-state index contributed by atoms with van der Waals surface area (Å²) in [4.78, 5) is 18.3. The fourth-order valence-electron chi connectivity index (χ4n) is 3.81. The average molecular weight is 396 g/mol. The molecule has 0 fully saturated rings. The summed E-state index contributed by atoms with van der Waals surface area (Å²) in [6, 6.07) is 20.3. The molecule has 0 radical (unpaired) electrons. The van der Waals surface area contributed by atoms with Gasteiger partial charge in [-0.25, -0.2) is 0 Å². The zero-order chi connectivity index (χ0) is 21.1. The Balaban J connectivity index is 2.26. The van der Waals surface area contributed by atoms with Crippen LogP contribution in [0.25, 0.3) is 0 Å². The standard InChI is InChI=1S/C25H37N3O/c1-5-27(6-2)19-23(20-28(7-3)8-4)26-25(29)24(21-15-11-9-12-16-21)22-17-13-10-14-18-22/h9-18,23-24H,5-8,19-20H2,1-4H3,(H,26,29). The number of nitrogens with zero attached hydrogens (tertiary/aromatic N) is 2. The van der Waals surface area contributed by atoms with Gasteiger partial charge in [0.1, 0.15) is 0 Å². The molecule has 0 aliphatic heterocycles. The summed E-state index contributed by atoms with van der Waals surface area (Å²) in [5.41, 5.74) is 2.06. The number of carbonyl (C=O) groups excluding carboxylic acids is 1. The topological polar surface area (TPSA) is 35.6 Å². The molecule has 0 saturated heterocycles. The second-order valence-corrected chi connectivity index (χ2v) is 7.43. The van der Waals surface area contributed by atoms with E-state index >= 15 is 0 Å². The van der Waals surface area contributed by atoms with Crippen molar-refractivity contribution in [3.8, 4) is 0 Å². The van der Waals surface area contributed by atoms with Crippen molar-refractivity contribution in [2.24, 2.45) is 0 Å². The van der Waals surface area contributed by atoms with Gasteiger partial charge < -0.3 is 15.1 Å². The number of hydrogen-bond donors (Lipinski definition) is 1. The number of likely N-dealkylation sites (N-methyl/N-ethyl adjacent to an activating group) is 2. The van der Waals surface area contributed by atoms with Gasteiger partial charge in [0.2, 0.25) is 5.91 Å². The van der Waals surface area contributed by atoms with Crippen molar-refractivity contribution in [1.82, 2.24) is 15.1 Å². The fraction of sp³-hybridized carbons (Fsp3) is 0.480. The highest BCUT2D eigenvalue weighted by Gasteiger charge is 2.26. The first kappa shape index (κ1) is 23.1. The lowest BCUT2D eigenvalue weighted by molar-refractivity contribution is -0.122. The van der Waals surface area contributed by atoms with Crippen LogP contribution in [-0.2, 0) is 4.79 Å². The van der Waals surface area contributed by atoms with Crippen LogP contribution in [0.3, 0.4) is 0 Å². The molecule has 1 N–H and O–H groups in total. The highest BCUT2D eigenvalue weighted by molar-refractivity contribution is 5.87. The van der Waals surface area contributed by atoms with E-state index in [0.717, 1.165) is 50.4 Å². The third kappa shape index (κ3) is 6.98. The van der Waals surface area contributed by atoms with Crippen molar-refractivity contribution in [2.75, 3.05) is 39.3 Å². The first-order valence-electron chi connectivity index (χ1n) is 11.0. The number of rotatable bonds is 12. The average Bonchev–Trinajstić information content (AvgIpc) is 2.77. The lowest BCUT2D eigenvalue weighted by Gasteiger charge is -2.31. The Hall–Kier alpha value is -2.17. The maximum Gasteiger partial charge on any atom is 0.232 e. The van der Waals surface area contributed by atoms with E-state index in [-0.39, 0.29) is 17.9 Å². The van der Waals surface area contributed by atoms with Crippen LogP contribution in [0.5, 0.6) is 0 Å². The Morgan fingerprint density at radius 2 is 1.10 bits per heavy atom. The van der Waals surface area contributed by atoms with E-state index in [0.29, 0.717) is 0 Å². The Morgan fingerprint density at radius 1 is 0.724 bits per heavy atom. The number of hydrogen-bond acceptors (Lipinski definition) is 3. The van der Waals surface area contributed by atoms with Crippen LogP contribution >= 0.6 is 0 Å². The lowest BCUT2D eigenvalue weighted by Crippen LogP contribution is -2.51. The maximum atomic E-state index is 13.5.